The highest BCUT2D eigenvalue weighted by Gasteiger charge is 2.47. The van der Waals surface area contributed by atoms with Crippen LogP contribution in [0.15, 0.2) is 15.7 Å². The number of β-amino-alcohol motifs (C(OH)–C–C–N with tert-alkyl or cyclic N) is 1. The van der Waals surface area contributed by atoms with Gasteiger partial charge in [-0.15, -0.1) is 0 Å². The number of amides is 1. The molecule has 2 aliphatic rings. The summed E-state index contributed by atoms with van der Waals surface area (Å²) in [7, 11) is 0. The van der Waals surface area contributed by atoms with Gasteiger partial charge in [0.25, 0.3) is 0 Å². The van der Waals surface area contributed by atoms with Crippen molar-refractivity contribution in [2.75, 3.05) is 13.1 Å². The van der Waals surface area contributed by atoms with E-state index in [4.69, 9.17) is 4.52 Å². The van der Waals surface area contributed by atoms with Gasteiger partial charge in [0.05, 0.1) is 29.1 Å². The summed E-state index contributed by atoms with van der Waals surface area (Å²) >= 11 is 0. The Morgan fingerprint density at radius 3 is 2.60 bits per heavy atom. The molecule has 1 N–H and O–H groups in total. The number of hydrogen-bond donors (Lipinski definition) is 1. The number of likely N-dealkylation sites (tertiary alicyclic amines) is 1. The number of aromatic nitrogens is 1. The van der Waals surface area contributed by atoms with Crippen molar-refractivity contribution in [2.45, 2.75) is 77.2 Å². The lowest BCUT2D eigenvalue weighted by molar-refractivity contribution is -0.154. The molecule has 1 amide bonds. The number of rotatable bonds is 5. The Hall–Kier alpha value is -2.10. The first-order chi connectivity index (χ1) is 13.8. The third-order valence-corrected chi connectivity index (χ3v) is 5.72. The molecule has 7 nitrogen and oxygen atoms in total. The van der Waals surface area contributed by atoms with Crippen LogP contribution in [-0.2, 0) is 4.79 Å². The van der Waals surface area contributed by atoms with Gasteiger partial charge in [-0.25, -0.2) is 0 Å². The third-order valence-electron chi connectivity index (χ3n) is 5.72. The standard InChI is InChI=1S/C20H29F3N4O3/c1-11(2)17(16-6-12(3)25-30-16)18(29)26-9-13(28)7-15(26)14-8-19(4,5)27(24-14)10-20(21,22)23/h6,11,13,15,17,28H,7-10H2,1-5H3/t13-,15+,17+/m1/s1. The van der Waals surface area contributed by atoms with Gasteiger partial charge in [-0.3, -0.25) is 9.80 Å². The summed E-state index contributed by atoms with van der Waals surface area (Å²) < 4.78 is 44.3. The van der Waals surface area contributed by atoms with Gasteiger partial charge < -0.3 is 14.5 Å². The molecule has 3 rings (SSSR count). The van der Waals surface area contributed by atoms with Crippen LogP contribution in [0.4, 0.5) is 13.2 Å². The number of aliphatic hydroxyl groups is 1. The van der Waals surface area contributed by atoms with Gasteiger partial charge in [-0.05, 0) is 26.7 Å². The van der Waals surface area contributed by atoms with Gasteiger partial charge in [0.2, 0.25) is 5.91 Å². The van der Waals surface area contributed by atoms with Crippen molar-refractivity contribution in [3.8, 4) is 0 Å². The van der Waals surface area contributed by atoms with Crippen LogP contribution in [0.1, 0.15) is 57.9 Å². The molecule has 0 unspecified atom stereocenters. The quantitative estimate of drug-likeness (QED) is 0.776. The van der Waals surface area contributed by atoms with Crippen LogP contribution in [0.2, 0.25) is 0 Å². The second kappa shape index (κ2) is 7.86. The molecule has 1 aromatic rings. The lowest BCUT2D eigenvalue weighted by atomic mass is 9.90. The van der Waals surface area contributed by atoms with Crippen molar-refractivity contribution in [1.82, 2.24) is 15.1 Å². The summed E-state index contributed by atoms with van der Waals surface area (Å²) in [6.07, 6.45) is -4.60. The van der Waals surface area contributed by atoms with Crippen molar-refractivity contribution in [2.24, 2.45) is 11.0 Å². The Morgan fingerprint density at radius 2 is 2.07 bits per heavy atom. The predicted molar refractivity (Wildman–Crippen MR) is 104 cm³/mol. The topological polar surface area (TPSA) is 82.2 Å². The van der Waals surface area contributed by atoms with Crippen molar-refractivity contribution in [3.05, 3.63) is 17.5 Å². The smallest absolute Gasteiger partial charge is 0.391 e. The summed E-state index contributed by atoms with van der Waals surface area (Å²) in [6.45, 7) is 7.90. The van der Waals surface area contributed by atoms with Crippen LogP contribution in [0.5, 0.6) is 0 Å². The molecular weight excluding hydrogens is 401 g/mol. The van der Waals surface area contributed by atoms with E-state index < -0.39 is 36.3 Å². The van der Waals surface area contributed by atoms with Crippen LogP contribution >= 0.6 is 0 Å². The minimum absolute atomic E-state index is 0.0908. The van der Waals surface area contributed by atoms with Gasteiger partial charge >= 0.3 is 6.18 Å². The van der Waals surface area contributed by atoms with E-state index in [1.54, 1.807) is 31.7 Å². The third kappa shape index (κ3) is 4.63. The first-order valence-electron chi connectivity index (χ1n) is 10.1. The molecule has 1 fully saturated rings. The first kappa shape index (κ1) is 22.6. The lowest BCUT2D eigenvalue weighted by Crippen LogP contribution is -2.45. The van der Waals surface area contributed by atoms with Crippen LogP contribution < -0.4 is 0 Å². The van der Waals surface area contributed by atoms with E-state index in [0.29, 0.717) is 17.2 Å². The highest BCUT2D eigenvalue weighted by Crippen LogP contribution is 2.36. The molecule has 10 heteroatoms. The molecule has 0 spiro atoms. The molecule has 0 aliphatic carbocycles. The molecule has 0 radical (unpaired) electrons. The number of alkyl halides is 3. The molecule has 0 aromatic carbocycles. The minimum Gasteiger partial charge on any atom is -0.391 e. The fourth-order valence-electron chi connectivity index (χ4n) is 4.28. The van der Waals surface area contributed by atoms with Gasteiger partial charge in [0.15, 0.2) is 0 Å². The number of nitrogens with zero attached hydrogens (tertiary/aromatic N) is 4. The normalized spacial score (nSPS) is 25.2. The first-order valence-corrected chi connectivity index (χ1v) is 10.1. The molecule has 0 saturated carbocycles. The summed E-state index contributed by atoms with van der Waals surface area (Å²) in [5.41, 5.74) is 0.323. The Labute approximate surface area is 173 Å². The maximum Gasteiger partial charge on any atom is 0.407 e. The Morgan fingerprint density at radius 1 is 1.40 bits per heavy atom. The molecule has 168 valence electrons. The predicted octanol–water partition coefficient (Wildman–Crippen LogP) is 3.09. The summed E-state index contributed by atoms with van der Waals surface area (Å²) in [5, 5.41) is 19.4. The molecule has 1 saturated heterocycles. The van der Waals surface area contributed by atoms with E-state index in [1.807, 2.05) is 13.8 Å². The zero-order valence-electron chi connectivity index (χ0n) is 17.9. The lowest BCUT2D eigenvalue weighted by Gasteiger charge is -2.31. The van der Waals surface area contributed by atoms with Crippen LogP contribution in [-0.4, -0.2) is 68.7 Å². The molecule has 2 aliphatic heterocycles. The van der Waals surface area contributed by atoms with Crippen molar-refractivity contribution >= 4 is 11.6 Å². The Kier molecular flexibility index (Phi) is 5.92. The largest absolute Gasteiger partial charge is 0.407 e. The average molecular weight is 430 g/mol. The fourth-order valence-corrected chi connectivity index (χ4v) is 4.28. The average Bonchev–Trinajstić information content (AvgIpc) is 3.24. The molecule has 30 heavy (non-hydrogen) atoms. The Bertz CT molecular complexity index is 818. The maximum atomic E-state index is 13.5. The number of hydrogen-bond acceptors (Lipinski definition) is 6. The summed E-state index contributed by atoms with van der Waals surface area (Å²) in [6, 6.07) is 1.17. The zero-order valence-corrected chi connectivity index (χ0v) is 17.9. The number of halogens is 3. The molecule has 1 aromatic heterocycles. The molecule has 0 bridgehead atoms. The van der Waals surface area contributed by atoms with E-state index >= 15 is 0 Å². The number of carbonyl (C=O) groups is 1. The SMILES string of the molecule is Cc1cc([C@@H](C(=O)N2C[C@H](O)C[C@H]2C2=NN(CC(F)(F)F)C(C)(C)C2)C(C)C)on1. The number of carbonyl (C=O) groups excluding carboxylic acids is 1. The highest BCUT2D eigenvalue weighted by molar-refractivity contribution is 5.96. The van der Waals surface area contributed by atoms with Crippen LogP contribution in [0.25, 0.3) is 0 Å². The van der Waals surface area contributed by atoms with E-state index in [0.717, 1.165) is 5.01 Å². The van der Waals surface area contributed by atoms with Crippen molar-refractivity contribution in [1.29, 1.82) is 0 Å². The van der Waals surface area contributed by atoms with Gasteiger partial charge in [-0.1, -0.05) is 19.0 Å². The van der Waals surface area contributed by atoms with E-state index in [9.17, 15) is 23.1 Å². The van der Waals surface area contributed by atoms with Gasteiger partial charge in [-0.2, -0.15) is 18.3 Å². The Balaban J connectivity index is 1.88. The van der Waals surface area contributed by atoms with Crippen LogP contribution in [0.3, 0.4) is 0 Å². The number of aliphatic hydroxyl groups excluding tert-OH is 1. The molecule has 3 heterocycles. The summed E-state index contributed by atoms with van der Waals surface area (Å²) in [5.74, 6) is -0.482. The minimum atomic E-state index is -4.38. The van der Waals surface area contributed by atoms with Gasteiger partial charge in [0.1, 0.15) is 18.2 Å². The zero-order chi connectivity index (χ0) is 22.4. The number of aryl methyl sites for hydroxylation is 1. The molecule has 3 atom stereocenters. The molecular formula is C20H29F3N4O3. The maximum absolute atomic E-state index is 13.5. The summed E-state index contributed by atoms with van der Waals surface area (Å²) in [4.78, 5) is 15.0. The fraction of sp³-hybridized carbons (Fsp3) is 0.750. The van der Waals surface area contributed by atoms with Crippen LogP contribution in [0, 0.1) is 12.8 Å². The van der Waals surface area contributed by atoms with E-state index in [2.05, 4.69) is 10.3 Å². The second-order valence-corrected chi connectivity index (χ2v) is 9.24. The monoisotopic (exact) mass is 430 g/mol. The highest BCUT2D eigenvalue weighted by atomic mass is 19.4. The van der Waals surface area contributed by atoms with Crippen molar-refractivity contribution in [3.63, 3.8) is 0 Å². The van der Waals surface area contributed by atoms with E-state index in [-0.39, 0.29) is 31.2 Å². The van der Waals surface area contributed by atoms with Gasteiger partial charge in [0, 0.05) is 25.5 Å². The second-order valence-electron chi connectivity index (χ2n) is 9.24. The van der Waals surface area contributed by atoms with E-state index in [1.165, 1.54) is 0 Å². The van der Waals surface area contributed by atoms with Crippen molar-refractivity contribution < 1.29 is 27.6 Å². The number of hydrazone groups is 1.